The van der Waals surface area contributed by atoms with Gasteiger partial charge in [0.1, 0.15) is 13.2 Å². The van der Waals surface area contributed by atoms with Crippen molar-refractivity contribution in [2.24, 2.45) is 0 Å². The Labute approximate surface area is 449 Å². The van der Waals surface area contributed by atoms with Crippen LogP contribution in [0.3, 0.4) is 0 Å². The van der Waals surface area contributed by atoms with Crippen molar-refractivity contribution in [1.29, 1.82) is 0 Å². The molecule has 10 rings (SSSR count). The number of rotatable bonds is 14. The van der Waals surface area contributed by atoms with Crippen molar-refractivity contribution >= 4 is 93.4 Å². The van der Waals surface area contributed by atoms with Crippen LogP contribution >= 0.6 is 0 Å². The topological polar surface area (TPSA) is 330 Å². The Morgan fingerprint density at radius 2 is 0.785 bits per heavy atom. The molecule has 2 N–H and O–H groups in total. The van der Waals surface area contributed by atoms with Crippen molar-refractivity contribution in [1.82, 2.24) is 19.9 Å². The van der Waals surface area contributed by atoms with E-state index in [1.165, 1.54) is 0 Å². The highest BCUT2D eigenvalue weighted by Crippen LogP contribution is 2.47. The molecule has 6 aliphatic rings. The van der Waals surface area contributed by atoms with E-state index in [-0.39, 0.29) is 95.9 Å². The normalized spacial score (nSPS) is 17.0. The number of amides is 10. The Morgan fingerprint density at radius 1 is 0.468 bits per heavy atom. The zero-order chi connectivity index (χ0) is 55.8. The summed E-state index contributed by atoms with van der Waals surface area (Å²) in [4.78, 5) is 154. The maximum absolute atomic E-state index is 12.5. The van der Waals surface area contributed by atoms with Gasteiger partial charge in [-0.3, -0.25) is 67.4 Å². The van der Waals surface area contributed by atoms with Crippen molar-refractivity contribution in [3.63, 3.8) is 0 Å². The van der Waals surface area contributed by atoms with Crippen LogP contribution in [-0.4, -0.2) is 130 Å². The summed E-state index contributed by atoms with van der Waals surface area (Å²) in [5.74, 6) is -5.73. The van der Waals surface area contributed by atoms with E-state index in [0.717, 1.165) is 78.6 Å². The number of ether oxygens (including phenoxy) is 2. The first-order chi connectivity index (χ1) is 37.4. The molecule has 408 valence electrons. The molecule has 25 nitrogen and oxygen atoms in total. The lowest BCUT2D eigenvalue weighted by molar-refractivity contribution is -0.177. The minimum absolute atomic E-state index is 0. The van der Waals surface area contributed by atoms with Crippen LogP contribution in [0.5, 0.6) is 0 Å². The van der Waals surface area contributed by atoms with E-state index < -0.39 is 70.2 Å². The second-order valence-electron chi connectivity index (χ2n) is 17.5. The molecule has 2 fully saturated rings. The number of carbonyl (C=O) groups is 12. The quantitative estimate of drug-likeness (QED) is 0.132. The monoisotopic (exact) mass is 1100 g/mol. The highest BCUT2D eigenvalue weighted by Gasteiger charge is 2.37. The van der Waals surface area contributed by atoms with Crippen LogP contribution in [0.1, 0.15) is 80.0 Å². The van der Waals surface area contributed by atoms with Crippen LogP contribution in [0.4, 0.5) is 21.0 Å². The van der Waals surface area contributed by atoms with Gasteiger partial charge in [-0.05, 0) is 68.8 Å². The Bertz CT molecular complexity index is 3150. The van der Waals surface area contributed by atoms with E-state index >= 15 is 0 Å². The average molecular weight is 1100 g/mol. The molecule has 0 spiro atoms. The van der Waals surface area contributed by atoms with E-state index in [0.29, 0.717) is 21.5 Å². The fraction of sp³-hybridized carbons (Fsp3) is 0.245. The number of imide groups is 4. The predicted octanol–water partition coefficient (Wildman–Crippen LogP) is 4.17. The van der Waals surface area contributed by atoms with E-state index in [1.54, 1.807) is 24.3 Å². The van der Waals surface area contributed by atoms with Gasteiger partial charge in [0.25, 0.3) is 47.3 Å². The van der Waals surface area contributed by atoms with Crippen LogP contribution < -0.4 is 10.6 Å². The molecule has 79 heavy (non-hydrogen) atoms. The molecular formula is C53H46N6O19S. The average Bonchev–Trinajstić information content (AvgIpc) is 4.29. The molecule has 2 atom stereocenters. The third kappa shape index (κ3) is 13.2. The summed E-state index contributed by atoms with van der Waals surface area (Å²) in [6, 6.07) is 25.9. The molecule has 0 radical (unpaired) electrons. The zero-order valence-corrected chi connectivity index (χ0v) is 41.4. The number of carbonyl (C=O) groups excluding carboxylic acids is 12. The summed E-state index contributed by atoms with van der Waals surface area (Å²) < 4.78 is 35.9. The van der Waals surface area contributed by atoms with Crippen LogP contribution in [0, 0.1) is 0 Å². The summed E-state index contributed by atoms with van der Waals surface area (Å²) in [7, 11) is -3.11. The van der Waals surface area contributed by atoms with E-state index in [9.17, 15) is 57.5 Å². The van der Waals surface area contributed by atoms with Crippen LogP contribution in [0.15, 0.2) is 109 Å². The molecule has 2 saturated heterocycles. The minimum Gasteiger partial charge on any atom is -0.432 e. The fourth-order valence-corrected chi connectivity index (χ4v) is 9.13. The molecule has 4 heterocycles. The Morgan fingerprint density at radius 3 is 1.13 bits per heavy atom. The van der Waals surface area contributed by atoms with Gasteiger partial charge in [-0.1, -0.05) is 78.2 Å². The molecule has 4 aromatic carbocycles. The van der Waals surface area contributed by atoms with Crippen molar-refractivity contribution < 1.29 is 89.3 Å². The third-order valence-electron chi connectivity index (χ3n) is 12.7. The lowest BCUT2D eigenvalue weighted by Gasteiger charge is -2.17. The Kier molecular flexibility index (Phi) is 17.8. The standard InChI is InChI=1S/2C26H21N3O8.CH4.O3S/c2*30-21(11-12-28-22(31)7-8-23(28)32)27-15-5-6-18-16-3-1-2-4-17(16)20(19(18)13-15)14-36-26(35)37-29-24(33)9-10-25(29)34;;1-4(2)3/h2*1-8,13,20H,9-12,14H2,(H,27,30);1H4;. The van der Waals surface area contributed by atoms with Gasteiger partial charge >= 0.3 is 22.9 Å². The zero-order valence-electron chi connectivity index (χ0n) is 40.6. The van der Waals surface area contributed by atoms with Crippen LogP contribution in [0.2, 0.25) is 0 Å². The highest BCUT2D eigenvalue weighted by atomic mass is 32.2. The van der Waals surface area contributed by atoms with Crippen molar-refractivity contribution in [3.8, 4) is 22.3 Å². The smallest absolute Gasteiger partial charge is 0.432 e. The van der Waals surface area contributed by atoms with Gasteiger partial charge in [-0.15, -0.1) is 12.6 Å². The molecular weight excluding hydrogens is 1060 g/mol. The number of hydrogen-bond acceptors (Lipinski definition) is 19. The van der Waals surface area contributed by atoms with Crippen molar-refractivity contribution in [2.75, 3.05) is 36.9 Å². The molecule has 26 heteroatoms. The Balaban J connectivity index is 0.000000212. The van der Waals surface area contributed by atoms with Gasteiger partial charge < -0.3 is 20.1 Å². The Hall–Kier alpha value is -9.98. The van der Waals surface area contributed by atoms with Crippen molar-refractivity contribution in [3.05, 3.63) is 131 Å². The number of benzene rings is 4. The van der Waals surface area contributed by atoms with Gasteiger partial charge in [0.15, 0.2) is 0 Å². The third-order valence-corrected chi connectivity index (χ3v) is 12.7. The van der Waals surface area contributed by atoms with Gasteiger partial charge in [0.05, 0.1) is 0 Å². The maximum Gasteiger partial charge on any atom is 0.533 e. The number of nitrogens with zero attached hydrogens (tertiary/aromatic N) is 4. The molecule has 2 aliphatic carbocycles. The lowest BCUT2D eigenvalue weighted by atomic mass is 9.97. The largest absolute Gasteiger partial charge is 0.533 e. The van der Waals surface area contributed by atoms with Gasteiger partial charge in [0, 0.05) is 99.1 Å². The number of hydroxylamine groups is 4. The second kappa shape index (κ2) is 24.8. The number of anilines is 2. The highest BCUT2D eigenvalue weighted by molar-refractivity contribution is 7.59. The molecule has 0 bridgehead atoms. The van der Waals surface area contributed by atoms with Crippen LogP contribution in [0.25, 0.3) is 22.3 Å². The van der Waals surface area contributed by atoms with Gasteiger partial charge in [-0.2, -0.15) is 0 Å². The van der Waals surface area contributed by atoms with Gasteiger partial charge in [0.2, 0.25) is 11.8 Å². The SMILES string of the molecule is C.O=C(CCN1C(=O)C=CC1=O)Nc1ccc2c(c1)C(COC(=O)ON1C(=O)CCC1=O)c1ccccc1-2.O=C(CCN1C(=O)C=CC1=O)Nc1ccc2c(c1)C(COC(=O)ON1C(=O)CCC1=O)c1ccccc1-2.O=S(=O)=O. The number of nitrogens with one attached hydrogen (secondary N) is 2. The van der Waals surface area contributed by atoms with Gasteiger partial charge in [-0.25, -0.2) is 9.59 Å². The number of hydrogen-bond donors (Lipinski definition) is 2. The first-order valence-corrected chi connectivity index (χ1v) is 24.7. The first kappa shape index (κ1) is 56.7. The lowest BCUT2D eigenvalue weighted by Crippen LogP contribution is -2.33. The summed E-state index contributed by atoms with van der Waals surface area (Å²) >= 11 is 0. The van der Waals surface area contributed by atoms with Crippen LogP contribution in [-0.2, 0) is 77.7 Å². The summed E-state index contributed by atoms with van der Waals surface area (Å²) in [5.41, 5.74) is 8.09. The fourth-order valence-electron chi connectivity index (χ4n) is 9.13. The first-order valence-electron chi connectivity index (χ1n) is 23.7. The molecule has 4 aliphatic heterocycles. The minimum atomic E-state index is -3.11. The maximum atomic E-state index is 12.5. The number of fused-ring (bicyclic) bond motifs is 6. The summed E-state index contributed by atoms with van der Waals surface area (Å²) in [5, 5.41) is 6.39. The van der Waals surface area contributed by atoms with E-state index in [1.807, 2.05) is 60.7 Å². The predicted molar refractivity (Wildman–Crippen MR) is 269 cm³/mol. The summed E-state index contributed by atoms with van der Waals surface area (Å²) in [6.45, 7) is -0.313. The molecule has 4 aromatic rings. The van der Waals surface area contributed by atoms with Crippen molar-refractivity contribution in [2.45, 2.75) is 57.8 Å². The second-order valence-corrected chi connectivity index (χ2v) is 17.9. The molecule has 2 unspecified atom stereocenters. The van der Waals surface area contributed by atoms with E-state index in [4.69, 9.17) is 31.8 Å². The molecule has 0 aromatic heterocycles. The molecule has 10 amide bonds. The summed E-state index contributed by atoms with van der Waals surface area (Å²) in [6.07, 6.45) is 2.10. The molecule has 0 saturated carbocycles. The van der Waals surface area contributed by atoms with E-state index in [2.05, 4.69) is 10.6 Å².